The number of carbonyl (C=O) groups is 2. The first kappa shape index (κ1) is 22.0. The molecule has 3 N–H and O–H groups in total. The standard InChI is InChI=1S/C21H33N3O4/c1-5-28-18-12-11-16(13-19(18)27-4)14-24(3)15(2)20(25)23-21(26)22-17-9-7-6-8-10-17/h11-13,15,17H,5-10,14H2,1-4H3,(H2,22,23,25,26)/p+1/t15-/m1/s1. The molecular weight excluding hydrogens is 358 g/mol. The van der Waals surface area contributed by atoms with Gasteiger partial charge in [0.15, 0.2) is 17.5 Å². The monoisotopic (exact) mass is 392 g/mol. The molecule has 1 saturated carbocycles. The molecule has 0 aliphatic heterocycles. The van der Waals surface area contributed by atoms with Crippen molar-refractivity contribution in [1.29, 1.82) is 0 Å². The molecule has 0 spiro atoms. The van der Waals surface area contributed by atoms with E-state index in [9.17, 15) is 9.59 Å². The van der Waals surface area contributed by atoms with E-state index >= 15 is 0 Å². The molecule has 0 radical (unpaired) electrons. The number of nitrogens with one attached hydrogen (secondary N) is 3. The maximum absolute atomic E-state index is 12.5. The van der Waals surface area contributed by atoms with Gasteiger partial charge >= 0.3 is 6.03 Å². The Balaban J connectivity index is 1.87. The van der Waals surface area contributed by atoms with Crippen LogP contribution in [0.2, 0.25) is 0 Å². The molecule has 1 aromatic rings. The van der Waals surface area contributed by atoms with Gasteiger partial charge in [0.1, 0.15) is 6.54 Å². The Hall–Kier alpha value is -2.28. The second-order valence-corrected chi connectivity index (χ2v) is 7.46. The summed E-state index contributed by atoms with van der Waals surface area (Å²) < 4.78 is 10.9. The number of hydrogen-bond acceptors (Lipinski definition) is 4. The zero-order chi connectivity index (χ0) is 20.5. The fraction of sp³-hybridized carbons (Fsp3) is 0.619. The molecule has 0 bridgehead atoms. The fourth-order valence-corrected chi connectivity index (χ4v) is 3.48. The van der Waals surface area contributed by atoms with Crippen LogP contribution in [0.4, 0.5) is 4.79 Å². The van der Waals surface area contributed by atoms with E-state index in [4.69, 9.17) is 9.47 Å². The van der Waals surface area contributed by atoms with Crippen LogP contribution in [0.1, 0.15) is 51.5 Å². The van der Waals surface area contributed by atoms with E-state index in [-0.39, 0.29) is 24.0 Å². The number of amides is 3. The van der Waals surface area contributed by atoms with Crippen LogP contribution in [0.15, 0.2) is 18.2 Å². The Morgan fingerprint density at radius 2 is 1.93 bits per heavy atom. The first-order valence-electron chi connectivity index (χ1n) is 10.2. The molecule has 1 aliphatic rings. The maximum Gasteiger partial charge on any atom is 0.321 e. The number of benzene rings is 1. The van der Waals surface area contributed by atoms with Crippen LogP contribution in [0.5, 0.6) is 11.5 Å². The Labute approximate surface area is 167 Å². The third-order valence-electron chi connectivity index (χ3n) is 5.32. The molecule has 0 saturated heterocycles. The van der Waals surface area contributed by atoms with E-state index in [1.54, 1.807) is 7.11 Å². The summed E-state index contributed by atoms with van der Waals surface area (Å²) in [6.45, 7) is 4.95. The second kappa shape index (κ2) is 10.9. The normalized spacial score (nSPS) is 16.7. The molecule has 3 amide bonds. The number of hydrogen-bond donors (Lipinski definition) is 3. The van der Waals surface area contributed by atoms with Gasteiger partial charge in [0, 0.05) is 11.6 Å². The van der Waals surface area contributed by atoms with E-state index in [1.165, 1.54) is 6.42 Å². The zero-order valence-electron chi connectivity index (χ0n) is 17.5. The van der Waals surface area contributed by atoms with Gasteiger partial charge in [0.2, 0.25) is 0 Å². The van der Waals surface area contributed by atoms with Crippen LogP contribution >= 0.6 is 0 Å². The fourth-order valence-electron chi connectivity index (χ4n) is 3.48. The molecule has 28 heavy (non-hydrogen) atoms. The van der Waals surface area contributed by atoms with Crippen molar-refractivity contribution < 1.29 is 24.0 Å². The van der Waals surface area contributed by atoms with Crippen molar-refractivity contribution in [3.05, 3.63) is 23.8 Å². The molecular formula is C21H34N3O4+. The highest BCUT2D eigenvalue weighted by molar-refractivity contribution is 5.96. The summed E-state index contributed by atoms with van der Waals surface area (Å²) in [6, 6.07) is 5.20. The maximum atomic E-state index is 12.5. The second-order valence-electron chi connectivity index (χ2n) is 7.46. The van der Waals surface area contributed by atoms with Gasteiger partial charge in [-0.3, -0.25) is 10.1 Å². The molecule has 1 unspecified atom stereocenters. The first-order chi connectivity index (χ1) is 13.4. The summed E-state index contributed by atoms with van der Waals surface area (Å²) in [7, 11) is 3.55. The highest BCUT2D eigenvalue weighted by Crippen LogP contribution is 2.27. The Morgan fingerprint density at radius 1 is 1.21 bits per heavy atom. The van der Waals surface area contributed by atoms with Crippen molar-refractivity contribution in [2.75, 3.05) is 20.8 Å². The van der Waals surface area contributed by atoms with Crippen LogP contribution in [0, 0.1) is 0 Å². The van der Waals surface area contributed by atoms with Crippen molar-refractivity contribution in [2.24, 2.45) is 0 Å². The number of imide groups is 1. The van der Waals surface area contributed by atoms with Crippen LogP contribution in [-0.2, 0) is 11.3 Å². The molecule has 1 aromatic carbocycles. The van der Waals surface area contributed by atoms with E-state index in [0.29, 0.717) is 24.7 Å². The summed E-state index contributed by atoms with van der Waals surface area (Å²) >= 11 is 0. The predicted molar refractivity (Wildman–Crippen MR) is 108 cm³/mol. The summed E-state index contributed by atoms with van der Waals surface area (Å²) in [5.74, 6) is 1.11. The minimum Gasteiger partial charge on any atom is -0.493 e. The van der Waals surface area contributed by atoms with Crippen molar-refractivity contribution in [3.63, 3.8) is 0 Å². The summed E-state index contributed by atoms with van der Waals surface area (Å²) in [5, 5.41) is 5.40. The summed E-state index contributed by atoms with van der Waals surface area (Å²) in [6.07, 6.45) is 5.46. The van der Waals surface area contributed by atoms with Crippen LogP contribution < -0.4 is 25.0 Å². The quantitative estimate of drug-likeness (QED) is 0.628. The predicted octanol–water partition coefficient (Wildman–Crippen LogP) is 1.66. The van der Waals surface area contributed by atoms with Crippen molar-refractivity contribution in [1.82, 2.24) is 10.6 Å². The molecule has 2 rings (SSSR count). The Bertz CT molecular complexity index is 659. The van der Waals surface area contributed by atoms with Crippen LogP contribution in [-0.4, -0.2) is 44.8 Å². The van der Waals surface area contributed by atoms with E-state index in [0.717, 1.165) is 36.1 Å². The third-order valence-corrected chi connectivity index (χ3v) is 5.32. The topological polar surface area (TPSA) is 81.1 Å². The molecule has 0 heterocycles. The number of methoxy groups -OCH3 is 1. The summed E-state index contributed by atoms with van der Waals surface area (Å²) in [4.78, 5) is 25.5. The first-order valence-corrected chi connectivity index (χ1v) is 10.2. The number of likely N-dealkylation sites (N-methyl/N-ethyl adjacent to an activating group) is 1. The third kappa shape index (κ3) is 6.41. The Kier molecular flexibility index (Phi) is 8.57. The van der Waals surface area contributed by atoms with Crippen LogP contribution in [0.3, 0.4) is 0 Å². The lowest BCUT2D eigenvalue weighted by Crippen LogP contribution is -3.12. The average Bonchev–Trinajstić information content (AvgIpc) is 2.69. The molecule has 1 fully saturated rings. The van der Waals surface area contributed by atoms with Gasteiger partial charge in [-0.2, -0.15) is 0 Å². The molecule has 7 nitrogen and oxygen atoms in total. The van der Waals surface area contributed by atoms with E-state index < -0.39 is 0 Å². The van der Waals surface area contributed by atoms with Crippen LogP contribution in [0.25, 0.3) is 0 Å². The van der Waals surface area contributed by atoms with E-state index in [1.807, 2.05) is 39.1 Å². The number of urea groups is 1. The lowest BCUT2D eigenvalue weighted by atomic mass is 9.96. The highest BCUT2D eigenvalue weighted by atomic mass is 16.5. The van der Waals surface area contributed by atoms with Gasteiger partial charge in [-0.25, -0.2) is 4.79 Å². The van der Waals surface area contributed by atoms with Gasteiger partial charge in [0.25, 0.3) is 5.91 Å². The van der Waals surface area contributed by atoms with Gasteiger partial charge in [-0.05, 0) is 44.9 Å². The number of carbonyl (C=O) groups excluding carboxylic acids is 2. The number of rotatable bonds is 8. The van der Waals surface area contributed by atoms with E-state index in [2.05, 4.69) is 10.6 Å². The van der Waals surface area contributed by atoms with Crippen molar-refractivity contribution >= 4 is 11.9 Å². The molecule has 0 aromatic heterocycles. The lowest BCUT2D eigenvalue weighted by molar-refractivity contribution is -0.908. The SMILES string of the molecule is CCOc1ccc(C[NH+](C)[C@H](C)C(=O)NC(=O)NC2CCCCC2)cc1OC. The van der Waals surface area contributed by atoms with Crippen molar-refractivity contribution in [3.8, 4) is 11.5 Å². The van der Waals surface area contributed by atoms with Gasteiger partial charge in [-0.1, -0.05) is 19.3 Å². The zero-order valence-corrected chi connectivity index (χ0v) is 17.5. The lowest BCUT2D eigenvalue weighted by Gasteiger charge is -2.24. The molecule has 2 atom stereocenters. The Morgan fingerprint density at radius 3 is 2.57 bits per heavy atom. The average molecular weight is 393 g/mol. The van der Waals surface area contributed by atoms with Gasteiger partial charge < -0.3 is 19.7 Å². The van der Waals surface area contributed by atoms with Gasteiger partial charge in [0.05, 0.1) is 20.8 Å². The molecule has 156 valence electrons. The van der Waals surface area contributed by atoms with Crippen molar-refractivity contribution in [2.45, 2.75) is 64.6 Å². The number of ether oxygens (including phenoxy) is 2. The number of quaternary nitrogens is 1. The largest absolute Gasteiger partial charge is 0.493 e. The highest BCUT2D eigenvalue weighted by Gasteiger charge is 2.25. The molecule has 1 aliphatic carbocycles. The summed E-state index contributed by atoms with van der Waals surface area (Å²) in [5.41, 5.74) is 1.03. The smallest absolute Gasteiger partial charge is 0.321 e. The minimum absolute atomic E-state index is 0.179. The molecule has 7 heteroatoms. The van der Waals surface area contributed by atoms with Gasteiger partial charge in [-0.15, -0.1) is 0 Å². The minimum atomic E-state index is -0.390.